The van der Waals surface area contributed by atoms with Crippen LogP contribution in [0.1, 0.15) is 41.2 Å². The van der Waals surface area contributed by atoms with Crippen molar-refractivity contribution in [1.82, 2.24) is 14.5 Å². The van der Waals surface area contributed by atoms with Gasteiger partial charge in [-0.25, -0.2) is 4.98 Å². The first-order valence-corrected chi connectivity index (χ1v) is 10.8. The highest BCUT2D eigenvalue weighted by atomic mass is 16.3. The maximum Gasteiger partial charge on any atom is 0.176 e. The Kier molecular flexibility index (Phi) is 5.23. The number of aliphatic hydroxyl groups excluding tert-OH is 1. The van der Waals surface area contributed by atoms with E-state index in [1.54, 1.807) is 0 Å². The molecule has 0 unspecified atom stereocenters. The van der Waals surface area contributed by atoms with Crippen LogP contribution in [0.4, 0.5) is 0 Å². The van der Waals surface area contributed by atoms with Crippen LogP contribution in [0.3, 0.4) is 0 Å². The van der Waals surface area contributed by atoms with Gasteiger partial charge in [0.05, 0.1) is 36.9 Å². The van der Waals surface area contributed by atoms with E-state index in [9.17, 15) is 9.90 Å². The lowest BCUT2D eigenvalue weighted by atomic mass is 9.86. The fraction of sp³-hybridized carbons (Fsp3) is 0.360. The predicted molar refractivity (Wildman–Crippen MR) is 116 cm³/mol. The molecule has 5 nitrogen and oxygen atoms in total. The molecule has 3 heterocycles. The number of likely N-dealkylation sites (tertiary alicyclic amines) is 1. The maximum atomic E-state index is 12.5. The zero-order chi connectivity index (χ0) is 20.5. The van der Waals surface area contributed by atoms with Gasteiger partial charge >= 0.3 is 0 Å². The Morgan fingerprint density at radius 3 is 2.60 bits per heavy atom. The Hall–Kier alpha value is -2.76. The summed E-state index contributed by atoms with van der Waals surface area (Å²) in [7, 11) is 0. The van der Waals surface area contributed by atoms with Crippen molar-refractivity contribution in [3.63, 3.8) is 0 Å². The molecule has 2 atom stereocenters. The van der Waals surface area contributed by atoms with Crippen LogP contribution in [0.15, 0.2) is 67.1 Å². The topological polar surface area (TPSA) is 58.4 Å². The molecule has 1 saturated heterocycles. The fourth-order valence-corrected chi connectivity index (χ4v) is 5.01. The van der Waals surface area contributed by atoms with Crippen molar-refractivity contribution in [3.05, 3.63) is 78.2 Å². The molecule has 5 rings (SSSR count). The number of rotatable bonds is 6. The molecule has 2 aliphatic rings. The van der Waals surface area contributed by atoms with Crippen LogP contribution in [-0.2, 0) is 0 Å². The number of fused-ring (bicyclic) bond motifs is 3. The maximum absolute atomic E-state index is 12.5. The summed E-state index contributed by atoms with van der Waals surface area (Å²) in [4.78, 5) is 19.0. The smallest absolute Gasteiger partial charge is 0.176 e. The molecule has 0 aliphatic carbocycles. The van der Waals surface area contributed by atoms with E-state index in [-0.39, 0.29) is 23.8 Å². The summed E-state index contributed by atoms with van der Waals surface area (Å²) in [5, 5.41) is 11.0. The first-order valence-electron chi connectivity index (χ1n) is 10.8. The van der Waals surface area contributed by atoms with Gasteiger partial charge in [0.25, 0.3) is 0 Å². The summed E-state index contributed by atoms with van der Waals surface area (Å²) in [5.74, 6) is 0.442. The third kappa shape index (κ3) is 3.59. The van der Waals surface area contributed by atoms with Gasteiger partial charge in [0.15, 0.2) is 5.78 Å². The van der Waals surface area contributed by atoms with Crippen LogP contribution in [0, 0.1) is 5.92 Å². The minimum absolute atomic E-state index is 0.145. The molecule has 154 valence electrons. The van der Waals surface area contributed by atoms with Crippen molar-refractivity contribution in [1.29, 1.82) is 0 Å². The van der Waals surface area contributed by atoms with Crippen LogP contribution in [0.2, 0.25) is 0 Å². The molecule has 2 aliphatic heterocycles. The van der Waals surface area contributed by atoms with Gasteiger partial charge in [0.2, 0.25) is 0 Å². The largest absolute Gasteiger partial charge is 0.393 e. The number of aliphatic hydroxyl groups is 1. The minimum atomic E-state index is -0.358. The minimum Gasteiger partial charge on any atom is -0.393 e. The van der Waals surface area contributed by atoms with Gasteiger partial charge in [-0.15, -0.1) is 0 Å². The highest BCUT2D eigenvalue weighted by molar-refractivity contribution is 5.97. The van der Waals surface area contributed by atoms with Gasteiger partial charge in [-0.3, -0.25) is 9.69 Å². The highest BCUT2D eigenvalue weighted by Crippen LogP contribution is 2.42. The Labute approximate surface area is 177 Å². The normalized spacial score (nSPS) is 20.0. The molecule has 0 amide bonds. The SMILES string of the molecule is O=C(CN1CCC([C@@H](O)C[C@H]2c3ccccc3-c3cncn32)CC1)c1ccccc1. The number of carbonyl (C=O) groups is 1. The van der Waals surface area contributed by atoms with Gasteiger partial charge < -0.3 is 9.67 Å². The fourth-order valence-electron chi connectivity index (χ4n) is 5.01. The Balaban J connectivity index is 1.19. The molecule has 1 fully saturated rings. The number of hydrogen-bond acceptors (Lipinski definition) is 4. The van der Waals surface area contributed by atoms with Gasteiger partial charge in [0, 0.05) is 11.1 Å². The molecule has 0 bridgehead atoms. The average Bonchev–Trinajstić information content (AvgIpc) is 3.37. The van der Waals surface area contributed by atoms with Gasteiger partial charge in [-0.05, 0) is 43.8 Å². The van der Waals surface area contributed by atoms with E-state index < -0.39 is 0 Å². The Bertz CT molecular complexity index is 1020. The molecule has 0 radical (unpaired) electrons. The van der Waals surface area contributed by atoms with Gasteiger partial charge in [-0.1, -0.05) is 54.6 Å². The summed E-state index contributed by atoms with van der Waals surface area (Å²) in [6.45, 7) is 2.18. The van der Waals surface area contributed by atoms with E-state index in [2.05, 4.69) is 38.7 Å². The van der Waals surface area contributed by atoms with Crippen LogP contribution < -0.4 is 0 Å². The summed E-state index contributed by atoms with van der Waals surface area (Å²) < 4.78 is 2.20. The van der Waals surface area contributed by atoms with Crippen LogP contribution in [-0.4, -0.2) is 51.1 Å². The number of nitrogens with zero attached hydrogens (tertiary/aromatic N) is 3. The molecule has 5 heteroatoms. The third-order valence-electron chi connectivity index (χ3n) is 6.70. The van der Waals surface area contributed by atoms with E-state index in [0.717, 1.165) is 37.2 Å². The van der Waals surface area contributed by atoms with Gasteiger partial charge in [-0.2, -0.15) is 0 Å². The van der Waals surface area contributed by atoms with E-state index in [1.807, 2.05) is 42.9 Å². The highest BCUT2D eigenvalue weighted by Gasteiger charge is 2.33. The lowest BCUT2D eigenvalue weighted by molar-refractivity contribution is 0.0462. The molecular formula is C25H27N3O2. The first-order chi connectivity index (χ1) is 14.7. The number of ketones is 1. The molecular weight excluding hydrogens is 374 g/mol. The number of benzene rings is 2. The van der Waals surface area contributed by atoms with Crippen LogP contribution >= 0.6 is 0 Å². The lowest BCUT2D eigenvalue weighted by Crippen LogP contribution is -2.40. The molecule has 1 aromatic heterocycles. The van der Waals surface area contributed by atoms with Crippen molar-refractivity contribution >= 4 is 5.78 Å². The number of imidazole rings is 1. The van der Waals surface area contributed by atoms with Crippen molar-refractivity contribution in [2.45, 2.75) is 31.4 Å². The number of aromatic nitrogens is 2. The summed E-state index contributed by atoms with van der Waals surface area (Å²) >= 11 is 0. The summed E-state index contributed by atoms with van der Waals surface area (Å²) in [5.41, 5.74) is 4.41. The standard InChI is InChI=1S/C25H27N3O2/c29-24(14-22-20-8-4-5-9-21(20)23-15-26-17-28(22)23)19-10-12-27(13-11-19)16-25(30)18-6-2-1-3-7-18/h1-9,15,17,19,22,24,29H,10-14,16H2/t22-,24-/m0/s1. The van der Waals surface area contributed by atoms with Crippen LogP contribution in [0.25, 0.3) is 11.3 Å². The molecule has 0 saturated carbocycles. The number of hydrogen-bond donors (Lipinski definition) is 1. The molecule has 0 spiro atoms. The van der Waals surface area contributed by atoms with Crippen molar-refractivity contribution in [2.75, 3.05) is 19.6 Å². The van der Waals surface area contributed by atoms with E-state index in [0.29, 0.717) is 13.0 Å². The van der Waals surface area contributed by atoms with Crippen molar-refractivity contribution in [2.24, 2.45) is 5.92 Å². The molecule has 1 N–H and O–H groups in total. The second-order valence-corrected chi connectivity index (χ2v) is 8.50. The van der Waals surface area contributed by atoms with Crippen molar-refractivity contribution < 1.29 is 9.90 Å². The summed E-state index contributed by atoms with van der Waals surface area (Å²) in [6.07, 6.45) is 5.98. The number of piperidine rings is 1. The first kappa shape index (κ1) is 19.2. The zero-order valence-corrected chi connectivity index (χ0v) is 17.0. The monoisotopic (exact) mass is 401 g/mol. The van der Waals surface area contributed by atoms with Crippen molar-refractivity contribution in [3.8, 4) is 11.3 Å². The zero-order valence-electron chi connectivity index (χ0n) is 17.0. The predicted octanol–water partition coefficient (Wildman–Crippen LogP) is 3.80. The Morgan fingerprint density at radius 2 is 1.80 bits per heavy atom. The molecule has 30 heavy (non-hydrogen) atoms. The second kappa shape index (κ2) is 8.17. The van der Waals surface area contributed by atoms with E-state index in [1.165, 1.54) is 11.1 Å². The number of carbonyl (C=O) groups excluding carboxylic acids is 1. The summed E-state index contributed by atoms with van der Waals surface area (Å²) in [6, 6.07) is 18.1. The quantitative estimate of drug-likeness (QED) is 0.639. The third-order valence-corrected chi connectivity index (χ3v) is 6.70. The Morgan fingerprint density at radius 1 is 1.07 bits per heavy atom. The molecule has 3 aromatic rings. The van der Waals surface area contributed by atoms with E-state index in [4.69, 9.17) is 0 Å². The second-order valence-electron chi connectivity index (χ2n) is 8.50. The van der Waals surface area contributed by atoms with Gasteiger partial charge in [0.1, 0.15) is 0 Å². The lowest BCUT2D eigenvalue weighted by Gasteiger charge is -2.34. The molecule has 2 aromatic carbocycles. The average molecular weight is 402 g/mol. The number of Topliss-reactive ketones (excluding diaryl/α,β-unsaturated/α-hetero) is 1. The van der Waals surface area contributed by atoms with E-state index >= 15 is 0 Å². The van der Waals surface area contributed by atoms with Crippen LogP contribution in [0.5, 0.6) is 0 Å².